The SMILES string of the molecule is COc1cc(OC)c(CNC(=O)C2CCCN2S(=O)(=O)c2cccs2)c(OC)c1. The van der Waals surface area contributed by atoms with Gasteiger partial charge in [-0.3, -0.25) is 4.79 Å². The molecular weight excluding hydrogens is 416 g/mol. The van der Waals surface area contributed by atoms with E-state index in [-0.39, 0.29) is 16.7 Å². The number of rotatable bonds is 8. The van der Waals surface area contributed by atoms with E-state index >= 15 is 0 Å². The Morgan fingerprint density at radius 2 is 1.90 bits per heavy atom. The smallest absolute Gasteiger partial charge is 0.253 e. The minimum absolute atomic E-state index is 0.137. The number of methoxy groups -OCH3 is 3. The van der Waals surface area contributed by atoms with Crippen LogP contribution in [0.25, 0.3) is 0 Å². The van der Waals surface area contributed by atoms with Gasteiger partial charge in [-0.15, -0.1) is 11.3 Å². The Morgan fingerprint density at radius 3 is 2.45 bits per heavy atom. The number of benzene rings is 1. The third-order valence-corrected chi connectivity index (χ3v) is 8.10. The molecule has 3 rings (SSSR count). The van der Waals surface area contributed by atoms with Gasteiger partial charge in [0, 0.05) is 18.7 Å². The van der Waals surface area contributed by atoms with Crippen molar-refractivity contribution in [3.8, 4) is 17.2 Å². The van der Waals surface area contributed by atoms with Crippen LogP contribution in [0.3, 0.4) is 0 Å². The summed E-state index contributed by atoms with van der Waals surface area (Å²) in [6.07, 6.45) is 1.12. The Balaban J connectivity index is 1.77. The molecule has 1 aliphatic rings. The normalized spacial score (nSPS) is 17.1. The van der Waals surface area contributed by atoms with Crippen LogP contribution in [0.5, 0.6) is 17.2 Å². The summed E-state index contributed by atoms with van der Waals surface area (Å²) < 4.78 is 43.3. The van der Waals surface area contributed by atoms with Crippen LogP contribution in [0, 0.1) is 0 Å². The summed E-state index contributed by atoms with van der Waals surface area (Å²) in [5, 5.41) is 4.54. The number of amides is 1. The van der Waals surface area contributed by atoms with E-state index in [2.05, 4.69) is 5.32 Å². The van der Waals surface area contributed by atoms with Gasteiger partial charge in [0.2, 0.25) is 5.91 Å². The van der Waals surface area contributed by atoms with Gasteiger partial charge in [0.25, 0.3) is 10.0 Å². The maximum absolute atomic E-state index is 12.9. The monoisotopic (exact) mass is 440 g/mol. The van der Waals surface area contributed by atoms with Crippen LogP contribution in [-0.4, -0.2) is 52.5 Å². The van der Waals surface area contributed by atoms with Crippen molar-refractivity contribution >= 4 is 27.3 Å². The standard InChI is InChI=1S/C19H24N2O6S2/c1-25-13-10-16(26-2)14(17(11-13)27-3)12-20-19(22)15-6-4-8-21(15)29(23,24)18-7-5-9-28-18/h5,7,9-11,15H,4,6,8,12H2,1-3H3,(H,20,22). The van der Waals surface area contributed by atoms with Crippen molar-refractivity contribution in [1.82, 2.24) is 9.62 Å². The molecule has 0 saturated carbocycles. The van der Waals surface area contributed by atoms with E-state index in [4.69, 9.17) is 14.2 Å². The molecule has 8 nitrogen and oxygen atoms in total. The number of sulfonamides is 1. The fourth-order valence-corrected chi connectivity index (χ4v) is 6.14. The number of hydrogen-bond acceptors (Lipinski definition) is 7. The van der Waals surface area contributed by atoms with Gasteiger partial charge in [-0.1, -0.05) is 6.07 Å². The summed E-state index contributed by atoms with van der Waals surface area (Å²) in [6.45, 7) is 0.464. The first-order valence-electron chi connectivity index (χ1n) is 9.04. The number of nitrogens with one attached hydrogen (secondary N) is 1. The lowest BCUT2D eigenvalue weighted by atomic mass is 10.1. The summed E-state index contributed by atoms with van der Waals surface area (Å²) in [4.78, 5) is 12.8. The van der Waals surface area contributed by atoms with Crippen molar-refractivity contribution in [3.63, 3.8) is 0 Å². The molecule has 1 aliphatic heterocycles. The molecule has 1 fully saturated rings. The van der Waals surface area contributed by atoms with Crippen LogP contribution in [0.2, 0.25) is 0 Å². The van der Waals surface area contributed by atoms with E-state index in [1.54, 1.807) is 36.8 Å². The zero-order valence-corrected chi connectivity index (χ0v) is 18.1. The van der Waals surface area contributed by atoms with Crippen molar-refractivity contribution in [2.75, 3.05) is 27.9 Å². The first-order valence-corrected chi connectivity index (χ1v) is 11.4. The van der Waals surface area contributed by atoms with E-state index in [1.807, 2.05) is 0 Å². The number of carbonyl (C=O) groups is 1. The maximum atomic E-state index is 12.9. The van der Waals surface area contributed by atoms with Crippen molar-refractivity contribution in [3.05, 3.63) is 35.2 Å². The lowest BCUT2D eigenvalue weighted by Crippen LogP contribution is -2.45. The lowest BCUT2D eigenvalue weighted by Gasteiger charge is -2.23. The Kier molecular flexibility index (Phi) is 6.66. The number of hydrogen-bond donors (Lipinski definition) is 1. The number of carbonyl (C=O) groups excluding carboxylic acids is 1. The molecule has 1 amide bonds. The van der Waals surface area contributed by atoms with Crippen molar-refractivity contribution in [1.29, 1.82) is 0 Å². The fourth-order valence-electron chi connectivity index (χ4n) is 3.36. The van der Waals surface area contributed by atoms with Crippen molar-refractivity contribution in [2.45, 2.75) is 29.6 Å². The summed E-state index contributed by atoms with van der Waals surface area (Å²) in [5.41, 5.74) is 0.648. The van der Waals surface area contributed by atoms with Crippen LogP contribution >= 0.6 is 11.3 Å². The zero-order chi connectivity index (χ0) is 21.0. The zero-order valence-electron chi connectivity index (χ0n) is 16.5. The van der Waals surface area contributed by atoms with Crippen molar-refractivity contribution < 1.29 is 27.4 Å². The average molecular weight is 441 g/mol. The van der Waals surface area contributed by atoms with Gasteiger partial charge in [0.1, 0.15) is 27.5 Å². The predicted molar refractivity (Wildman–Crippen MR) is 109 cm³/mol. The second-order valence-electron chi connectivity index (χ2n) is 6.43. The highest BCUT2D eigenvalue weighted by Gasteiger charge is 2.39. The molecule has 1 unspecified atom stereocenters. The average Bonchev–Trinajstić information content (AvgIpc) is 3.43. The Hall–Kier alpha value is -2.30. The van der Waals surface area contributed by atoms with Crippen LogP contribution in [-0.2, 0) is 21.4 Å². The van der Waals surface area contributed by atoms with Crippen LogP contribution in [0.15, 0.2) is 33.9 Å². The maximum Gasteiger partial charge on any atom is 0.253 e. The highest BCUT2D eigenvalue weighted by Crippen LogP contribution is 2.34. The second-order valence-corrected chi connectivity index (χ2v) is 9.50. The molecule has 29 heavy (non-hydrogen) atoms. The van der Waals surface area contributed by atoms with Crippen LogP contribution in [0.4, 0.5) is 0 Å². The minimum Gasteiger partial charge on any atom is -0.496 e. The molecule has 2 aromatic rings. The van der Waals surface area contributed by atoms with Gasteiger partial charge in [0.05, 0.1) is 33.4 Å². The van der Waals surface area contributed by atoms with E-state index in [0.717, 1.165) is 11.3 Å². The molecule has 0 radical (unpaired) electrons. The molecule has 0 spiro atoms. The highest BCUT2D eigenvalue weighted by atomic mass is 32.2. The molecule has 0 aliphatic carbocycles. The Bertz CT molecular complexity index is 934. The van der Waals surface area contributed by atoms with Crippen LogP contribution in [0.1, 0.15) is 18.4 Å². The van der Waals surface area contributed by atoms with Gasteiger partial charge < -0.3 is 19.5 Å². The molecule has 10 heteroatoms. The number of nitrogens with zero attached hydrogens (tertiary/aromatic N) is 1. The van der Waals surface area contributed by atoms with Gasteiger partial charge >= 0.3 is 0 Å². The summed E-state index contributed by atoms with van der Waals surface area (Å²) >= 11 is 1.15. The number of ether oxygens (including phenoxy) is 3. The molecule has 158 valence electrons. The summed E-state index contributed by atoms with van der Waals surface area (Å²) in [5.74, 6) is 1.24. The molecular formula is C19H24N2O6S2. The summed E-state index contributed by atoms with van der Waals surface area (Å²) in [7, 11) is 0.897. The molecule has 0 bridgehead atoms. The molecule has 1 saturated heterocycles. The van der Waals surface area contributed by atoms with E-state index < -0.39 is 16.1 Å². The minimum atomic E-state index is -3.68. The van der Waals surface area contributed by atoms with E-state index in [1.165, 1.54) is 18.5 Å². The largest absolute Gasteiger partial charge is 0.496 e. The molecule has 2 heterocycles. The topological polar surface area (TPSA) is 94.2 Å². The van der Waals surface area contributed by atoms with Crippen molar-refractivity contribution in [2.24, 2.45) is 0 Å². The first-order chi connectivity index (χ1) is 13.9. The van der Waals surface area contributed by atoms with Gasteiger partial charge in [0.15, 0.2) is 0 Å². The van der Waals surface area contributed by atoms with Crippen LogP contribution < -0.4 is 19.5 Å². The van der Waals surface area contributed by atoms with Gasteiger partial charge in [-0.2, -0.15) is 4.31 Å². The quantitative estimate of drug-likeness (QED) is 0.677. The predicted octanol–water partition coefficient (Wildman–Crippen LogP) is 2.24. The highest BCUT2D eigenvalue weighted by molar-refractivity contribution is 7.91. The Morgan fingerprint density at radius 1 is 1.21 bits per heavy atom. The van der Waals surface area contributed by atoms with E-state index in [0.29, 0.717) is 42.2 Å². The molecule has 1 N–H and O–H groups in total. The molecule has 1 aromatic heterocycles. The second kappa shape index (κ2) is 9.02. The third-order valence-electron chi connectivity index (χ3n) is 4.82. The van der Waals surface area contributed by atoms with Gasteiger partial charge in [-0.05, 0) is 24.3 Å². The lowest BCUT2D eigenvalue weighted by molar-refractivity contribution is -0.124. The fraction of sp³-hybridized carbons (Fsp3) is 0.421. The first kappa shape index (κ1) is 21.4. The molecule has 1 aromatic carbocycles. The van der Waals surface area contributed by atoms with E-state index in [9.17, 15) is 13.2 Å². The summed E-state index contributed by atoms with van der Waals surface area (Å²) in [6, 6.07) is 5.91. The Labute approximate surface area is 174 Å². The molecule has 1 atom stereocenters. The number of thiophene rings is 1. The third kappa shape index (κ3) is 4.34. The van der Waals surface area contributed by atoms with Gasteiger partial charge in [-0.25, -0.2) is 8.42 Å².